The number of nitrogen functional groups attached to an aromatic ring is 1. The lowest BCUT2D eigenvalue weighted by Crippen LogP contribution is -1.99. The Kier molecular flexibility index (Phi) is 2.70. The third-order valence-electron chi connectivity index (χ3n) is 2.46. The van der Waals surface area contributed by atoms with Crippen LogP contribution in [0.3, 0.4) is 0 Å². The number of aromatic hydroxyl groups is 1. The summed E-state index contributed by atoms with van der Waals surface area (Å²) in [7, 11) is 0. The van der Waals surface area contributed by atoms with Crippen LogP contribution in [0.15, 0.2) is 42.5 Å². The van der Waals surface area contributed by atoms with E-state index in [0.29, 0.717) is 11.3 Å². The van der Waals surface area contributed by atoms with Crippen LogP contribution in [0.2, 0.25) is 0 Å². The molecule has 0 saturated carbocycles. The molecule has 2 aromatic rings. The maximum atomic E-state index is 10.8. The van der Waals surface area contributed by atoms with Gasteiger partial charge in [-0.2, -0.15) is 0 Å². The standard InChI is InChI=1S/C13H11NO3/c14-12-7-9(13(16)17)4-5-11(12)8-2-1-3-10(15)6-8/h1-7,15H,14H2,(H,16,17). The van der Waals surface area contributed by atoms with Crippen molar-refractivity contribution in [2.45, 2.75) is 0 Å². The Morgan fingerprint density at radius 2 is 1.88 bits per heavy atom. The number of aromatic carboxylic acids is 1. The Hall–Kier alpha value is -2.49. The topological polar surface area (TPSA) is 83.6 Å². The first-order valence-corrected chi connectivity index (χ1v) is 5.00. The lowest BCUT2D eigenvalue weighted by atomic mass is 10.0. The van der Waals surface area contributed by atoms with E-state index in [0.717, 1.165) is 5.56 Å². The molecule has 4 heteroatoms. The molecule has 0 radical (unpaired) electrons. The molecule has 0 aliphatic carbocycles. The number of anilines is 1. The molecule has 2 rings (SSSR count). The molecule has 0 unspecified atom stereocenters. The molecule has 0 amide bonds. The molecule has 0 fully saturated rings. The number of carboxylic acid groups (broad SMARTS) is 1. The molecular weight excluding hydrogens is 218 g/mol. The predicted molar refractivity (Wildman–Crippen MR) is 64.9 cm³/mol. The number of nitrogens with two attached hydrogens (primary N) is 1. The van der Waals surface area contributed by atoms with Gasteiger partial charge in [0, 0.05) is 11.3 Å². The van der Waals surface area contributed by atoms with Crippen molar-refractivity contribution >= 4 is 11.7 Å². The Morgan fingerprint density at radius 3 is 2.47 bits per heavy atom. The first-order chi connectivity index (χ1) is 8.08. The van der Waals surface area contributed by atoms with Gasteiger partial charge in [0.25, 0.3) is 0 Å². The van der Waals surface area contributed by atoms with Gasteiger partial charge in [0.15, 0.2) is 0 Å². The second-order valence-electron chi connectivity index (χ2n) is 3.66. The summed E-state index contributed by atoms with van der Waals surface area (Å²) in [5, 5.41) is 18.2. The zero-order chi connectivity index (χ0) is 12.4. The lowest BCUT2D eigenvalue weighted by molar-refractivity contribution is 0.0697. The third-order valence-corrected chi connectivity index (χ3v) is 2.46. The number of benzene rings is 2. The fourth-order valence-electron chi connectivity index (χ4n) is 1.63. The second-order valence-corrected chi connectivity index (χ2v) is 3.66. The minimum Gasteiger partial charge on any atom is -0.508 e. The van der Waals surface area contributed by atoms with E-state index < -0.39 is 5.97 Å². The van der Waals surface area contributed by atoms with Gasteiger partial charge in [0.2, 0.25) is 0 Å². The fraction of sp³-hybridized carbons (Fsp3) is 0. The minimum absolute atomic E-state index is 0.143. The maximum absolute atomic E-state index is 10.8. The van der Waals surface area contributed by atoms with E-state index in [1.807, 2.05) is 0 Å². The predicted octanol–water partition coefficient (Wildman–Crippen LogP) is 2.34. The summed E-state index contributed by atoms with van der Waals surface area (Å²) in [5.74, 6) is -0.872. The highest BCUT2D eigenvalue weighted by Crippen LogP contribution is 2.28. The highest BCUT2D eigenvalue weighted by atomic mass is 16.4. The molecule has 0 aliphatic heterocycles. The van der Waals surface area contributed by atoms with Crippen molar-refractivity contribution in [3.63, 3.8) is 0 Å². The van der Waals surface area contributed by atoms with Crippen molar-refractivity contribution in [1.29, 1.82) is 0 Å². The van der Waals surface area contributed by atoms with Gasteiger partial charge < -0.3 is 15.9 Å². The summed E-state index contributed by atoms with van der Waals surface area (Å²) in [4.78, 5) is 10.8. The van der Waals surface area contributed by atoms with Crippen molar-refractivity contribution in [1.82, 2.24) is 0 Å². The zero-order valence-corrected chi connectivity index (χ0v) is 8.92. The summed E-state index contributed by atoms with van der Waals surface area (Å²) >= 11 is 0. The van der Waals surface area contributed by atoms with Gasteiger partial charge in [-0.3, -0.25) is 0 Å². The van der Waals surface area contributed by atoms with Crippen molar-refractivity contribution in [3.8, 4) is 16.9 Å². The Morgan fingerprint density at radius 1 is 1.12 bits per heavy atom. The number of rotatable bonds is 2. The molecule has 0 heterocycles. The molecule has 0 atom stereocenters. The number of phenols is 1. The monoisotopic (exact) mass is 229 g/mol. The molecule has 17 heavy (non-hydrogen) atoms. The SMILES string of the molecule is Nc1cc(C(=O)O)ccc1-c1cccc(O)c1. The quantitative estimate of drug-likeness (QED) is 0.690. The van der Waals surface area contributed by atoms with Crippen LogP contribution in [-0.2, 0) is 0 Å². The molecule has 4 N–H and O–H groups in total. The minimum atomic E-state index is -1.01. The molecule has 2 aromatic carbocycles. The Balaban J connectivity index is 2.50. The van der Waals surface area contributed by atoms with Crippen LogP contribution >= 0.6 is 0 Å². The van der Waals surface area contributed by atoms with E-state index in [2.05, 4.69) is 0 Å². The average Bonchev–Trinajstić information content (AvgIpc) is 2.28. The highest BCUT2D eigenvalue weighted by Gasteiger charge is 2.08. The van der Waals surface area contributed by atoms with E-state index in [4.69, 9.17) is 10.8 Å². The molecule has 0 aliphatic rings. The molecule has 0 bridgehead atoms. The van der Waals surface area contributed by atoms with Crippen LogP contribution in [0.25, 0.3) is 11.1 Å². The van der Waals surface area contributed by atoms with Gasteiger partial charge in [-0.25, -0.2) is 4.79 Å². The number of phenolic OH excluding ortho intramolecular Hbond substituents is 1. The third kappa shape index (κ3) is 2.20. The number of hydrogen-bond acceptors (Lipinski definition) is 3. The lowest BCUT2D eigenvalue weighted by Gasteiger charge is -2.07. The van der Waals surface area contributed by atoms with Crippen molar-refractivity contribution < 1.29 is 15.0 Å². The van der Waals surface area contributed by atoms with Gasteiger partial charge in [-0.05, 0) is 29.8 Å². The largest absolute Gasteiger partial charge is 0.508 e. The van der Waals surface area contributed by atoms with Crippen LogP contribution in [-0.4, -0.2) is 16.2 Å². The van der Waals surface area contributed by atoms with Gasteiger partial charge in [-0.1, -0.05) is 18.2 Å². The molecule has 86 valence electrons. The first-order valence-electron chi connectivity index (χ1n) is 5.00. The second kappa shape index (κ2) is 4.17. The average molecular weight is 229 g/mol. The van der Waals surface area contributed by atoms with Gasteiger partial charge in [0.05, 0.1) is 5.56 Å². The molecule has 0 saturated heterocycles. The normalized spacial score (nSPS) is 10.1. The van der Waals surface area contributed by atoms with Crippen molar-refractivity contribution in [2.75, 3.05) is 5.73 Å². The maximum Gasteiger partial charge on any atom is 0.335 e. The first kappa shape index (κ1) is 11.0. The summed E-state index contributed by atoms with van der Waals surface area (Å²) in [5.41, 5.74) is 7.76. The fourth-order valence-corrected chi connectivity index (χ4v) is 1.63. The van der Waals surface area contributed by atoms with Gasteiger partial charge in [0.1, 0.15) is 5.75 Å². The number of carboxylic acids is 1. The van der Waals surface area contributed by atoms with Gasteiger partial charge in [-0.15, -0.1) is 0 Å². The number of hydrogen-bond donors (Lipinski definition) is 3. The van der Waals surface area contributed by atoms with E-state index in [1.54, 1.807) is 30.3 Å². The molecule has 4 nitrogen and oxygen atoms in total. The smallest absolute Gasteiger partial charge is 0.335 e. The summed E-state index contributed by atoms with van der Waals surface area (Å²) in [6.07, 6.45) is 0. The molecular formula is C13H11NO3. The van der Waals surface area contributed by atoms with E-state index in [9.17, 15) is 9.90 Å². The molecule has 0 spiro atoms. The van der Waals surface area contributed by atoms with Gasteiger partial charge >= 0.3 is 5.97 Å². The van der Waals surface area contributed by atoms with E-state index >= 15 is 0 Å². The van der Waals surface area contributed by atoms with Crippen LogP contribution in [0, 0.1) is 0 Å². The molecule has 0 aromatic heterocycles. The van der Waals surface area contributed by atoms with Crippen LogP contribution in [0.4, 0.5) is 5.69 Å². The van der Waals surface area contributed by atoms with E-state index in [1.165, 1.54) is 12.1 Å². The van der Waals surface area contributed by atoms with Crippen molar-refractivity contribution in [3.05, 3.63) is 48.0 Å². The Labute approximate surface area is 97.9 Å². The highest BCUT2D eigenvalue weighted by molar-refractivity contribution is 5.91. The van der Waals surface area contributed by atoms with Crippen LogP contribution in [0.5, 0.6) is 5.75 Å². The van der Waals surface area contributed by atoms with E-state index in [-0.39, 0.29) is 11.3 Å². The summed E-state index contributed by atoms with van der Waals surface area (Å²) in [6.45, 7) is 0. The zero-order valence-electron chi connectivity index (χ0n) is 8.92. The van der Waals surface area contributed by atoms with Crippen LogP contribution in [0.1, 0.15) is 10.4 Å². The number of carbonyl (C=O) groups is 1. The van der Waals surface area contributed by atoms with Crippen molar-refractivity contribution in [2.24, 2.45) is 0 Å². The van der Waals surface area contributed by atoms with Crippen LogP contribution < -0.4 is 5.73 Å². The summed E-state index contributed by atoms with van der Waals surface area (Å²) < 4.78 is 0. The Bertz CT molecular complexity index is 579. The summed E-state index contributed by atoms with van der Waals surface area (Å²) in [6, 6.07) is 11.2.